The van der Waals surface area contributed by atoms with Crippen LogP contribution in [0.5, 0.6) is 0 Å². The monoisotopic (exact) mass is 499 g/mol. The predicted octanol–water partition coefficient (Wildman–Crippen LogP) is 0.258. The predicted molar refractivity (Wildman–Crippen MR) is 92.7 cm³/mol. The van der Waals surface area contributed by atoms with Crippen LogP contribution < -0.4 is 16.4 Å². The number of nitrogens with two attached hydrogens (primary N) is 1. The maximum Gasteiger partial charge on any atom is 0.490 e. The van der Waals surface area contributed by atoms with E-state index in [1.54, 1.807) is 0 Å². The molecule has 2 amide bonds. The topological polar surface area (TPSA) is 159 Å². The Morgan fingerprint density at radius 1 is 1.12 bits per heavy atom. The first-order chi connectivity index (χ1) is 11.9. The van der Waals surface area contributed by atoms with Gasteiger partial charge in [0.25, 0.3) is 0 Å². The average Bonchev–Trinajstić information content (AvgIpc) is 2.53. The van der Waals surface area contributed by atoms with Gasteiger partial charge in [0.15, 0.2) is 0 Å². The van der Waals surface area contributed by atoms with Crippen LogP contribution in [-0.4, -0.2) is 63.2 Å². The highest BCUT2D eigenvalue weighted by Gasteiger charge is 2.38. The van der Waals surface area contributed by atoms with Gasteiger partial charge >= 0.3 is 18.1 Å². The average molecular weight is 499 g/mol. The zero-order chi connectivity index (χ0) is 20.9. The number of hydrogen-bond donors (Lipinski definition) is 5. The minimum absolute atomic E-state index is 0.243. The Kier molecular flexibility index (Phi) is 13.9. The molecule has 0 spiro atoms. The number of rotatable bonds is 9. The van der Waals surface area contributed by atoms with Gasteiger partial charge in [-0.05, 0) is 32.7 Å². The molecular formula is C13H21F3IN3O6. The van der Waals surface area contributed by atoms with Crippen molar-refractivity contribution >= 4 is 46.3 Å². The summed E-state index contributed by atoms with van der Waals surface area (Å²) in [6.07, 6.45) is -3.20. The second kappa shape index (κ2) is 13.5. The molecule has 6 N–H and O–H groups in total. The minimum atomic E-state index is -5.08. The lowest BCUT2D eigenvalue weighted by atomic mass is 10.1. The molecule has 0 bridgehead atoms. The third-order valence-electron chi connectivity index (χ3n) is 2.69. The van der Waals surface area contributed by atoms with Crippen LogP contribution in [0.3, 0.4) is 0 Å². The van der Waals surface area contributed by atoms with Gasteiger partial charge in [0.1, 0.15) is 12.1 Å². The number of aliphatic carboxylic acids is 2. The summed E-state index contributed by atoms with van der Waals surface area (Å²) < 4.78 is 32.0. The molecule has 0 radical (unpaired) electrons. The molecule has 0 unspecified atom stereocenters. The van der Waals surface area contributed by atoms with Crippen LogP contribution in [0.15, 0.2) is 0 Å². The zero-order valence-electron chi connectivity index (χ0n) is 13.8. The number of alkyl halides is 4. The Morgan fingerprint density at radius 2 is 1.62 bits per heavy atom. The van der Waals surface area contributed by atoms with E-state index in [2.05, 4.69) is 10.6 Å². The molecule has 0 aromatic carbocycles. The summed E-state index contributed by atoms with van der Waals surface area (Å²) in [7, 11) is 0. The fourth-order valence-electron chi connectivity index (χ4n) is 1.37. The molecule has 0 aromatic heterocycles. The van der Waals surface area contributed by atoms with E-state index in [1.807, 2.05) is 22.6 Å². The Labute approximate surface area is 161 Å². The number of nitrogens with one attached hydrogen (secondary N) is 2. The van der Waals surface area contributed by atoms with Gasteiger partial charge in [-0.1, -0.05) is 22.6 Å². The summed E-state index contributed by atoms with van der Waals surface area (Å²) >= 11 is 1.89. The smallest absolute Gasteiger partial charge is 0.480 e. The number of carbonyl (C=O) groups excluding carboxylic acids is 2. The highest BCUT2D eigenvalue weighted by Crippen LogP contribution is 2.13. The SMILES string of the molecule is C[C@@H](NC(=O)[C@H](CCCCN)NC(=O)CI)C(=O)O.O=C(O)C(F)(F)F. The largest absolute Gasteiger partial charge is 0.490 e. The van der Waals surface area contributed by atoms with Crippen LogP contribution in [0, 0.1) is 0 Å². The first kappa shape index (κ1) is 26.6. The van der Waals surface area contributed by atoms with E-state index in [-0.39, 0.29) is 10.3 Å². The molecular weight excluding hydrogens is 478 g/mol. The third-order valence-corrected chi connectivity index (χ3v) is 3.38. The van der Waals surface area contributed by atoms with E-state index >= 15 is 0 Å². The fraction of sp³-hybridized carbons (Fsp3) is 0.692. The van der Waals surface area contributed by atoms with Crippen molar-refractivity contribution in [1.82, 2.24) is 10.6 Å². The summed E-state index contributed by atoms with van der Waals surface area (Å²) in [5, 5.41) is 20.8. The molecule has 0 heterocycles. The number of amides is 2. The normalized spacial score (nSPS) is 12.8. The van der Waals surface area contributed by atoms with Crippen molar-refractivity contribution in [2.45, 2.75) is 44.4 Å². The van der Waals surface area contributed by atoms with Crippen LogP contribution in [-0.2, 0) is 19.2 Å². The molecule has 9 nitrogen and oxygen atoms in total. The molecule has 2 atom stereocenters. The second-order valence-corrected chi connectivity index (χ2v) is 5.67. The quantitative estimate of drug-likeness (QED) is 0.173. The maximum atomic E-state index is 11.9. The standard InChI is InChI=1S/C11H20IN3O4.C2HF3O2/c1-7(11(18)19)14-10(17)8(4-2-3-5-13)15-9(16)6-12;3-2(4,5)1(6)7/h7-8H,2-6,13H2,1H3,(H,14,17)(H,15,16)(H,18,19);(H,6,7)/t7-,8+;/m1./s1. The zero-order valence-corrected chi connectivity index (χ0v) is 16.0. The van der Waals surface area contributed by atoms with E-state index < -0.39 is 36.1 Å². The van der Waals surface area contributed by atoms with Gasteiger partial charge in [0.05, 0.1) is 4.43 Å². The van der Waals surface area contributed by atoms with Crippen molar-refractivity contribution in [3.63, 3.8) is 0 Å². The molecule has 13 heteroatoms. The van der Waals surface area contributed by atoms with Gasteiger partial charge in [-0.15, -0.1) is 0 Å². The van der Waals surface area contributed by atoms with E-state index in [0.717, 1.165) is 6.42 Å². The van der Waals surface area contributed by atoms with Gasteiger partial charge in [-0.2, -0.15) is 13.2 Å². The highest BCUT2D eigenvalue weighted by atomic mass is 127. The number of hydrogen-bond acceptors (Lipinski definition) is 5. The minimum Gasteiger partial charge on any atom is -0.480 e. The summed E-state index contributed by atoms with van der Waals surface area (Å²) in [6, 6.07) is -1.70. The number of carbonyl (C=O) groups is 4. The lowest BCUT2D eigenvalue weighted by Crippen LogP contribution is -2.51. The first-order valence-corrected chi connectivity index (χ1v) is 8.78. The van der Waals surface area contributed by atoms with Crippen molar-refractivity contribution in [3.05, 3.63) is 0 Å². The van der Waals surface area contributed by atoms with Crippen LogP contribution >= 0.6 is 22.6 Å². The summed E-state index contributed by atoms with van der Waals surface area (Å²) in [5.74, 6) is -4.61. The molecule has 26 heavy (non-hydrogen) atoms. The van der Waals surface area contributed by atoms with Crippen molar-refractivity contribution in [2.75, 3.05) is 11.0 Å². The van der Waals surface area contributed by atoms with E-state index in [0.29, 0.717) is 19.4 Å². The third kappa shape index (κ3) is 13.6. The van der Waals surface area contributed by atoms with Crippen molar-refractivity contribution in [3.8, 4) is 0 Å². The van der Waals surface area contributed by atoms with E-state index in [1.165, 1.54) is 6.92 Å². The van der Waals surface area contributed by atoms with Crippen LogP contribution in [0.25, 0.3) is 0 Å². The molecule has 0 aliphatic rings. The fourth-order valence-corrected chi connectivity index (χ4v) is 1.59. The second-order valence-electron chi connectivity index (χ2n) is 4.91. The Morgan fingerprint density at radius 3 is 1.96 bits per heavy atom. The lowest BCUT2D eigenvalue weighted by Gasteiger charge is -2.19. The number of unbranched alkanes of at least 4 members (excludes halogenated alkanes) is 1. The highest BCUT2D eigenvalue weighted by molar-refractivity contribution is 14.1. The van der Waals surface area contributed by atoms with Crippen molar-refractivity contribution < 1.29 is 42.6 Å². The van der Waals surface area contributed by atoms with Crippen molar-refractivity contribution in [2.24, 2.45) is 5.73 Å². The number of carboxylic acids is 2. The molecule has 0 saturated carbocycles. The molecule has 0 saturated heterocycles. The van der Waals surface area contributed by atoms with Gasteiger partial charge in [-0.25, -0.2) is 4.79 Å². The van der Waals surface area contributed by atoms with Crippen LogP contribution in [0.1, 0.15) is 26.2 Å². The molecule has 0 rings (SSSR count). The molecule has 0 fully saturated rings. The van der Waals surface area contributed by atoms with Gasteiger partial charge in [0, 0.05) is 0 Å². The molecule has 152 valence electrons. The molecule has 0 aromatic rings. The summed E-state index contributed by atoms with van der Waals surface area (Å²) in [5.41, 5.74) is 5.37. The van der Waals surface area contributed by atoms with Crippen molar-refractivity contribution in [1.29, 1.82) is 0 Å². The lowest BCUT2D eigenvalue weighted by molar-refractivity contribution is -0.192. The number of carboxylic acid groups (broad SMARTS) is 2. The molecule has 0 aliphatic heterocycles. The van der Waals surface area contributed by atoms with Crippen LogP contribution in [0.4, 0.5) is 13.2 Å². The van der Waals surface area contributed by atoms with Crippen LogP contribution in [0.2, 0.25) is 0 Å². The maximum absolute atomic E-state index is 11.9. The van der Waals surface area contributed by atoms with Gasteiger partial charge < -0.3 is 26.6 Å². The van der Waals surface area contributed by atoms with E-state index in [9.17, 15) is 27.6 Å². The van der Waals surface area contributed by atoms with Gasteiger partial charge in [-0.3, -0.25) is 14.4 Å². The number of halogens is 4. The first-order valence-electron chi connectivity index (χ1n) is 7.25. The summed E-state index contributed by atoms with van der Waals surface area (Å²) in [6.45, 7) is 1.89. The molecule has 0 aliphatic carbocycles. The Bertz CT molecular complexity index is 490. The Hall–Kier alpha value is -1.64. The summed E-state index contributed by atoms with van der Waals surface area (Å²) in [4.78, 5) is 42.8. The van der Waals surface area contributed by atoms with E-state index in [4.69, 9.17) is 20.7 Å². The van der Waals surface area contributed by atoms with Gasteiger partial charge in [0.2, 0.25) is 11.8 Å². The Balaban J connectivity index is 0.